The first-order valence-electron chi connectivity index (χ1n) is 24.3. The lowest BCUT2D eigenvalue weighted by molar-refractivity contribution is -0.167. The molecule has 1 unspecified atom stereocenters. The minimum Gasteiger partial charge on any atom is -0.462 e. The fourth-order valence-electron chi connectivity index (χ4n) is 6.27. The molecule has 0 heterocycles. The van der Waals surface area contributed by atoms with Gasteiger partial charge < -0.3 is 14.2 Å². The van der Waals surface area contributed by atoms with Crippen molar-refractivity contribution in [2.75, 3.05) is 13.2 Å². The van der Waals surface area contributed by atoms with E-state index in [-0.39, 0.29) is 31.1 Å². The van der Waals surface area contributed by atoms with Gasteiger partial charge in [-0.05, 0) is 96.3 Å². The highest BCUT2D eigenvalue weighted by Gasteiger charge is 2.19. The minimum atomic E-state index is -0.804. The monoisotopic (exact) mass is 833 g/mol. The quantitative estimate of drug-likeness (QED) is 0.0200. The summed E-state index contributed by atoms with van der Waals surface area (Å²) in [4.78, 5) is 37.9. The van der Waals surface area contributed by atoms with Gasteiger partial charge in [0.05, 0.1) is 0 Å². The van der Waals surface area contributed by atoms with E-state index in [0.29, 0.717) is 19.3 Å². The van der Waals surface area contributed by atoms with E-state index in [1.54, 1.807) is 0 Å². The third-order valence-electron chi connectivity index (χ3n) is 9.89. The Hall–Kier alpha value is -3.67. The van der Waals surface area contributed by atoms with E-state index in [1.807, 2.05) is 0 Å². The van der Waals surface area contributed by atoms with Crippen LogP contribution in [0, 0.1) is 0 Å². The van der Waals surface area contributed by atoms with E-state index in [2.05, 4.69) is 118 Å². The molecular formula is C54H88O6. The summed E-state index contributed by atoms with van der Waals surface area (Å²) in [5, 5.41) is 0. The van der Waals surface area contributed by atoms with Crippen LogP contribution in [0.1, 0.15) is 207 Å². The number of hydrogen-bond donors (Lipinski definition) is 0. The molecule has 0 rings (SSSR count). The second kappa shape index (κ2) is 48.0. The molecule has 0 aliphatic heterocycles. The van der Waals surface area contributed by atoms with Gasteiger partial charge in [-0.1, -0.05) is 189 Å². The first kappa shape index (κ1) is 56.3. The van der Waals surface area contributed by atoms with Crippen LogP contribution in [-0.4, -0.2) is 37.2 Å². The van der Waals surface area contributed by atoms with E-state index in [4.69, 9.17) is 14.2 Å². The number of unbranched alkanes of at least 4 members (excludes halogenated alkanes) is 18. The van der Waals surface area contributed by atoms with Crippen molar-refractivity contribution in [2.45, 2.75) is 213 Å². The smallest absolute Gasteiger partial charge is 0.306 e. The van der Waals surface area contributed by atoms with Crippen LogP contribution >= 0.6 is 0 Å². The van der Waals surface area contributed by atoms with Crippen molar-refractivity contribution < 1.29 is 28.6 Å². The molecular weight excluding hydrogens is 745 g/mol. The van der Waals surface area contributed by atoms with Crippen LogP contribution in [-0.2, 0) is 28.6 Å². The Morgan fingerprint density at radius 3 is 1.25 bits per heavy atom. The number of carbonyl (C=O) groups is 3. The van der Waals surface area contributed by atoms with Crippen molar-refractivity contribution in [3.63, 3.8) is 0 Å². The predicted octanol–water partition coefficient (Wildman–Crippen LogP) is 15.8. The van der Waals surface area contributed by atoms with E-state index in [9.17, 15) is 14.4 Å². The molecule has 6 nitrogen and oxygen atoms in total. The van der Waals surface area contributed by atoms with Gasteiger partial charge >= 0.3 is 17.9 Å². The standard InChI is InChI=1S/C54H88O6/c1-4-7-10-13-16-19-22-25-27-29-32-35-38-41-44-47-53(56)59-50-51(49-58-52(55)46-43-40-37-34-31-24-21-18-15-12-9-6-3)60-54(57)48-45-42-39-36-33-30-28-26-23-20-17-14-11-8-5-2/h7,9-10,12-13,16-23,26,31,34,51H,4-6,8,11,14-15,24-25,27-30,32-33,35-50H2,1-3H3/b10-7-,12-9-,16-13-,20-17-,21-18-,22-19-,26-23-,34-31-. The summed E-state index contributed by atoms with van der Waals surface area (Å²) >= 11 is 0. The van der Waals surface area contributed by atoms with Crippen LogP contribution in [0.4, 0.5) is 0 Å². The van der Waals surface area contributed by atoms with Gasteiger partial charge in [-0.2, -0.15) is 0 Å². The zero-order chi connectivity index (χ0) is 43.7. The molecule has 340 valence electrons. The third-order valence-corrected chi connectivity index (χ3v) is 9.89. The maximum atomic E-state index is 12.8. The molecule has 0 amide bonds. The molecule has 0 spiro atoms. The zero-order valence-electron chi connectivity index (χ0n) is 38.7. The van der Waals surface area contributed by atoms with Crippen molar-refractivity contribution in [3.8, 4) is 0 Å². The molecule has 0 aromatic heterocycles. The van der Waals surface area contributed by atoms with E-state index < -0.39 is 6.10 Å². The summed E-state index contributed by atoms with van der Waals surface area (Å²) in [5.41, 5.74) is 0. The SMILES string of the molecule is CC\C=C/C=C\C=C/CCCCCCCCCC(=O)OCC(COC(=O)CCCC/C=C\C/C=C\C/C=C\CC)OC(=O)CCCCCCCC/C=C\C=C/CCCCC. The highest BCUT2D eigenvalue weighted by atomic mass is 16.6. The Kier molecular flexibility index (Phi) is 45.1. The maximum Gasteiger partial charge on any atom is 0.306 e. The predicted molar refractivity (Wildman–Crippen MR) is 256 cm³/mol. The van der Waals surface area contributed by atoms with Crippen LogP contribution in [0.15, 0.2) is 97.2 Å². The van der Waals surface area contributed by atoms with Crippen molar-refractivity contribution in [2.24, 2.45) is 0 Å². The second-order valence-corrected chi connectivity index (χ2v) is 15.7. The molecule has 0 radical (unpaired) electrons. The molecule has 0 saturated carbocycles. The molecule has 0 saturated heterocycles. The van der Waals surface area contributed by atoms with Gasteiger partial charge in [0.25, 0.3) is 0 Å². The lowest BCUT2D eigenvalue weighted by Crippen LogP contribution is -2.30. The van der Waals surface area contributed by atoms with Crippen LogP contribution < -0.4 is 0 Å². The van der Waals surface area contributed by atoms with Crippen molar-refractivity contribution in [1.82, 2.24) is 0 Å². The van der Waals surface area contributed by atoms with Crippen LogP contribution in [0.25, 0.3) is 0 Å². The maximum absolute atomic E-state index is 12.8. The average molecular weight is 833 g/mol. The molecule has 6 heteroatoms. The number of rotatable bonds is 42. The Bertz CT molecular complexity index is 1230. The third kappa shape index (κ3) is 45.4. The Labute approximate surface area is 368 Å². The molecule has 0 bridgehead atoms. The van der Waals surface area contributed by atoms with Crippen molar-refractivity contribution in [1.29, 1.82) is 0 Å². The van der Waals surface area contributed by atoms with Gasteiger partial charge in [0, 0.05) is 19.3 Å². The number of ether oxygens (including phenoxy) is 3. The molecule has 0 aromatic carbocycles. The van der Waals surface area contributed by atoms with Crippen molar-refractivity contribution in [3.05, 3.63) is 97.2 Å². The Morgan fingerprint density at radius 2 is 0.733 bits per heavy atom. The van der Waals surface area contributed by atoms with Crippen LogP contribution in [0.3, 0.4) is 0 Å². The average Bonchev–Trinajstić information content (AvgIpc) is 3.24. The molecule has 0 aliphatic carbocycles. The molecule has 1 atom stereocenters. The van der Waals surface area contributed by atoms with E-state index in [1.165, 1.54) is 64.2 Å². The summed E-state index contributed by atoms with van der Waals surface area (Å²) in [6.45, 7) is 6.29. The summed E-state index contributed by atoms with van der Waals surface area (Å²) < 4.78 is 16.7. The van der Waals surface area contributed by atoms with E-state index in [0.717, 1.165) is 103 Å². The number of esters is 3. The zero-order valence-corrected chi connectivity index (χ0v) is 38.7. The number of carbonyl (C=O) groups excluding carboxylic acids is 3. The molecule has 0 fully saturated rings. The molecule has 0 N–H and O–H groups in total. The molecule has 60 heavy (non-hydrogen) atoms. The summed E-state index contributed by atoms with van der Waals surface area (Å²) in [7, 11) is 0. The first-order valence-corrected chi connectivity index (χ1v) is 24.3. The van der Waals surface area contributed by atoms with E-state index >= 15 is 0 Å². The largest absolute Gasteiger partial charge is 0.462 e. The van der Waals surface area contributed by atoms with Gasteiger partial charge in [0.1, 0.15) is 13.2 Å². The van der Waals surface area contributed by atoms with Crippen molar-refractivity contribution >= 4 is 17.9 Å². The fourth-order valence-corrected chi connectivity index (χ4v) is 6.27. The second-order valence-electron chi connectivity index (χ2n) is 15.7. The van der Waals surface area contributed by atoms with Crippen LogP contribution in [0.2, 0.25) is 0 Å². The number of hydrogen-bond acceptors (Lipinski definition) is 6. The van der Waals surface area contributed by atoms with Gasteiger partial charge in [-0.3, -0.25) is 14.4 Å². The minimum absolute atomic E-state index is 0.102. The lowest BCUT2D eigenvalue weighted by atomic mass is 10.1. The lowest BCUT2D eigenvalue weighted by Gasteiger charge is -2.18. The van der Waals surface area contributed by atoms with Gasteiger partial charge in [0.2, 0.25) is 0 Å². The summed E-state index contributed by atoms with van der Waals surface area (Å²) in [6, 6.07) is 0. The summed E-state index contributed by atoms with van der Waals surface area (Å²) in [6.07, 6.45) is 62.4. The summed E-state index contributed by atoms with van der Waals surface area (Å²) in [5.74, 6) is -0.973. The normalized spacial score (nSPS) is 12.9. The Morgan fingerprint density at radius 1 is 0.367 bits per heavy atom. The fraction of sp³-hybridized carbons (Fsp3) is 0.648. The molecule has 0 aliphatic rings. The number of allylic oxidation sites excluding steroid dienone is 16. The van der Waals surface area contributed by atoms with Gasteiger partial charge in [0.15, 0.2) is 6.10 Å². The molecule has 0 aromatic rings. The highest BCUT2D eigenvalue weighted by Crippen LogP contribution is 2.13. The topological polar surface area (TPSA) is 78.9 Å². The highest BCUT2D eigenvalue weighted by molar-refractivity contribution is 5.71. The van der Waals surface area contributed by atoms with Gasteiger partial charge in [-0.25, -0.2) is 0 Å². The Balaban J connectivity index is 4.48. The first-order chi connectivity index (χ1) is 29.5. The van der Waals surface area contributed by atoms with Crippen LogP contribution in [0.5, 0.6) is 0 Å². The van der Waals surface area contributed by atoms with Gasteiger partial charge in [-0.15, -0.1) is 0 Å².